The van der Waals surface area contributed by atoms with Gasteiger partial charge in [0, 0.05) is 11.3 Å². The second-order valence-electron chi connectivity index (χ2n) is 4.74. The molecule has 2 aromatic carbocycles. The minimum absolute atomic E-state index is 0.305. The third-order valence-corrected chi connectivity index (χ3v) is 3.25. The molecule has 4 heteroatoms. The molecule has 0 saturated heterocycles. The Morgan fingerprint density at radius 2 is 2.10 bits per heavy atom. The second-order valence-corrected chi connectivity index (χ2v) is 4.74. The maximum atomic E-state index is 13.1. The summed E-state index contributed by atoms with van der Waals surface area (Å²) in [5, 5.41) is 2.77. The predicted octanol–water partition coefficient (Wildman–Crippen LogP) is 3.40. The number of aryl methyl sites for hydroxylation is 1. The molecular formula is C16H14FNO2. The van der Waals surface area contributed by atoms with Gasteiger partial charge in [-0.1, -0.05) is 6.07 Å². The van der Waals surface area contributed by atoms with E-state index in [0.717, 1.165) is 30.8 Å². The fourth-order valence-corrected chi connectivity index (χ4v) is 2.27. The first-order valence-electron chi connectivity index (χ1n) is 6.55. The zero-order valence-corrected chi connectivity index (χ0v) is 10.9. The normalized spacial score (nSPS) is 13.2. The van der Waals surface area contributed by atoms with Crippen LogP contribution in [-0.2, 0) is 6.42 Å². The number of amides is 1. The SMILES string of the molecule is O=C(Nc1ccc2c(c1)CCCO2)c1cccc(F)c1. The molecule has 2 aromatic rings. The van der Waals surface area contributed by atoms with Crippen molar-refractivity contribution in [3.05, 3.63) is 59.4 Å². The van der Waals surface area contributed by atoms with E-state index < -0.39 is 5.82 Å². The Labute approximate surface area is 116 Å². The maximum absolute atomic E-state index is 13.1. The van der Waals surface area contributed by atoms with Gasteiger partial charge in [-0.05, 0) is 54.8 Å². The lowest BCUT2D eigenvalue weighted by molar-refractivity contribution is 0.102. The number of rotatable bonds is 2. The Kier molecular flexibility index (Phi) is 3.37. The largest absolute Gasteiger partial charge is 0.493 e. The highest BCUT2D eigenvalue weighted by atomic mass is 19.1. The standard InChI is InChI=1S/C16H14FNO2/c17-13-5-1-3-12(9-13)16(19)18-14-6-7-15-11(10-14)4-2-8-20-15/h1,3,5-7,9-10H,2,4,8H2,(H,18,19). The number of hydrogen-bond acceptors (Lipinski definition) is 2. The van der Waals surface area contributed by atoms with Crippen molar-refractivity contribution >= 4 is 11.6 Å². The average molecular weight is 271 g/mol. The smallest absolute Gasteiger partial charge is 0.255 e. The molecule has 1 aliphatic heterocycles. The van der Waals surface area contributed by atoms with Crippen LogP contribution in [0.2, 0.25) is 0 Å². The van der Waals surface area contributed by atoms with Crippen LogP contribution < -0.4 is 10.1 Å². The molecular weight excluding hydrogens is 257 g/mol. The monoisotopic (exact) mass is 271 g/mol. The molecule has 20 heavy (non-hydrogen) atoms. The van der Waals surface area contributed by atoms with Gasteiger partial charge in [-0.3, -0.25) is 4.79 Å². The number of nitrogens with one attached hydrogen (secondary N) is 1. The summed E-state index contributed by atoms with van der Waals surface area (Å²) in [7, 11) is 0. The summed E-state index contributed by atoms with van der Waals surface area (Å²) in [6, 6.07) is 11.2. The number of ether oxygens (including phenoxy) is 1. The van der Waals surface area contributed by atoms with E-state index in [2.05, 4.69) is 5.32 Å². The fraction of sp³-hybridized carbons (Fsp3) is 0.188. The minimum Gasteiger partial charge on any atom is -0.493 e. The lowest BCUT2D eigenvalue weighted by atomic mass is 10.1. The van der Waals surface area contributed by atoms with Crippen LogP contribution in [0.1, 0.15) is 22.3 Å². The van der Waals surface area contributed by atoms with Crippen LogP contribution in [0.5, 0.6) is 5.75 Å². The molecule has 0 unspecified atom stereocenters. The van der Waals surface area contributed by atoms with Gasteiger partial charge in [0.25, 0.3) is 5.91 Å². The van der Waals surface area contributed by atoms with Gasteiger partial charge in [-0.15, -0.1) is 0 Å². The predicted molar refractivity (Wildman–Crippen MR) is 74.6 cm³/mol. The number of halogens is 1. The van der Waals surface area contributed by atoms with Gasteiger partial charge >= 0.3 is 0 Å². The van der Waals surface area contributed by atoms with Crippen molar-refractivity contribution in [1.82, 2.24) is 0 Å². The van der Waals surface area contributed by atoms with E-state index in [1.165, 1.54) is 18.2 Å². The summed E-state index contributed by atoms with van der Waals surface area (Å²) in [5.41, 5.74) is 2.09. The molecule has 1 aliphatic rings. The van der Waals surface area contributed by atoms with Crippen molar-refractivity contribution in [2.24, 2.45) is 0 Å². The number of benzene rings is 2. The molecule has 0 radical (unpaired) electrons. The molecule has 3 nitrogen and oxygen atoms in total. The number of fused-ring (bicyclic) bond motifs is 1. The zero-order valence-electron chi connectivity index (χ0n) is 10.9. The Morgan fingerprint density at radius 1 is 1.20 bits per heavy atom. The van der Waals surface area contributed by atoms with E-state index in [1.54, 1.807) is 12.1 Å². The molecule has 0 saturated carbocycles. The lowest BCUT2D eigenvalue weighted by Gasteiger charge is -2.18. The first-order chi connectivity index (χ1) is 9.72. The van der Waals surface area contributed by atoms with Crippen LogP contribution in [0.4, 0.5) is 10.1 Å². The van der Waals surface area contributed by atoms with Gasteiger partial charge in [0.05, 0.1) is 6.61 Å². The molecule has 0 spiro atoms. The van der Waals surface area contributed by atoms with Crippen LogP contribution in [0.3, 0.4) is 0 Å². The Hall–Kier alpha value is -2.36. The third-order valence-electron chi connectivity index (χ3n) is 3.25. The van der Waals surface area contributed by atoms with Crippen LogP contribution in [0.15, 0.2) is 42.5 Å². The highest BCUT2D eigenvalue weighted by Crippen LogP contribution is 2.27. The second kappa shape index (κ2) is 5.33. The molecule has 0 atom stereocenters. The molecule has 1 N–H and O–H groups in total. The van der Waals surface area contributed by atoms with E-state index in [-0.39, 0.29) is 5.91 Å². The van der Waals surface area contributed by atoms with Gasteiger partial charge in [-0.2, -0.15) is 0 Å². The highest BCUT2D eigenvalue weighted by molar-refractivity contribution is 6.04. The van der Waals surface area contributed by atoms with E-state index in [0.29, 0.717) is 11.3 Å². The molecule has 102 valence electrons. The molecule has 0 aromatic heterocycles. The minimum atomic E-state index is -0.420. The topological polar surface area (TPSA) is 38.3 Å². The van der Waals surface area contributed by atoms with Crippen LogP contribution in [0.25, 0.3) is 0 Å². The number of hydrogen-bond donors (Lipinski definition) is 1. The van der Waals surface area contributed by atoms with Crippen molar-refractivity contribution in [2.45, 2.75) is 12.8 Å². The van der Waals surface area contributed by atoms with Gasteiger partial charge < -0.3 is 10.1 Å². The van der Waals surface area contributed by atoms with Crippen LogP contribution >= 0.6 is 0 Å². The van der Waals surface area contributed by atoms with Gasteiger partial charge in [0.15, 0.2) is 0 Å². The fourth-order valence-electron chi connectivity index (χ4n) is 2.27. The number of carbonyl (C=O) groups is 1. The van der Waals surface area contributed by atoms with Crippen molar-refractivity contribution < 1.29 is 13.9 Å². The first-order valence-corrected chi connectivity index (χ1v) is 6.55. The average Bonchev–Trinajstić information content (AvgIpc) is 2.47. The first kappa shape index (κ1) is 12.7. The van der Waals surface area contributed by atoms with Crippen LogP contribution in [0, 0.1) is 5.82 Å². The van der Waals surface area contributed by atoms with Gasteiger partial charge in [0.1, 0.15) is 11.6 Å². The summed E-state index contributed by atoms with van der Waals surface area (Å²) < 4.78 is 18.6. The number of anilines is 1. The summed E-state index contributed by atoms with van der Waals surface area (Å²) in [6.45, 7) is 0.738. The Balaban J connectivity index is 1.79. The van der Waals surface area contributed by atoms with Gasteiger partial charge in [0.2, 0.25) is 0 Å². The molecule has 0 bridgehead atoms. The van der Waals surface area contributed by atoms with E-state index in [9.17, 15) is 9.18 Å². The number of carbonyl (C=O) groups excluding carboxylic acids is 1. The van der Waals surface area contributed by atoms with E-state index in [1.807, 2.05) is 12.1 Å². The van der Waals surface area contributed by atoms with E-state index >= 15 is 0 Å². The highest BCUT2D eigenvalue weighted by Gasteiger charge is 2.12. The zero-order chi connectivity index (χ0) is 13.9. The molecule has 0 fully saturated rings. The maximum Gasteiger partial charge on any atom is 0.255 e. The third kappa shape index (κ3) is 2.64. The van der Waals surface area contributed by atoms with Crippen LogP contribution in [-0.4, -0.2) is 12.5 Å². The van der Waals surface area contributed by atoms with Gasteiger partial charge in [-0.25, -0.2) is 4.39 Å². The summed E-state index contributed by atoms with van der Waals surface area (Å²) >= 11 is 0. The molecule has 0 aliphatic carbocycles. The summed E-state index contributed by atoms with van der Waals surface area (Å²) in [5.74, 6) is 0.137. The summed E-state index contributed by atoms with van der Waals surface area (Å²) in [6.07, 6.45) is 1.92. The molecule has 1 heterocycles. The van der Waals surface area contributed by atoms with Crippen molar-refractivity contribution in [3.8, 4) is 5.75 Å². The molecule has 1 amide bonds. The van der Waals surface area contributed by atoms with Crippen molar-refractivity contribution in [3.63, 3.8) is 0 Å². The van der Waals surface area contributed by atoms with Crippen molar-refractivity contribution in [2.75, 3.05) is 11.9 Å². The Bertz CT molecular complexity index is 655. The summed E-state index contributed by atoms with van der Waals surface area (Å²) in [4.78, 5) is 12.0. The molecule has 3 rings (SSSR count). The Morgan fingerprint density at radius 3 is 2.95 bits per heavy atom. The van der Waals surface area contributed by atoms with Crippen molar-refractivity contribution in [1.29, 1.82) is 0 Å². The van der Waals surface area contributed by atoms with E-state index in [4.69, 9.17) is 4.74 Å². The lowest BCUT2D eigenvalue weighted by Crippen LogP contribution is -2.13. The quantitative estimate of drug-likeness (QED) is 0.909.